The third kappa shape index (κ3) is 1.98. The highest BCUT2D eigenvalue weighted by atomic mass is 35.5. The Morgan fingerprint density at radius 2 is 2.28 bits per heavy atom. The number of fused-ring (bicyclic) bond motifs is 1. The summed E-state index contributed by atoms with van der Waals surface area (Å²) in [6, 6.07) is 7.26. The normalized spacial score (nSPS) is 12.7. The van der Waals surface area contributed by atoms with Gasteiger partial charge in [-0.25, -0.2) is 4.79 Å². The van der Waals surface area contributed by atoms with E-state index in [1.165, 1.54) is 7.11 Å². The summed E-state index contributed by atoms with van der Waals surface area (Å²) in [5, 5.41) is 11.4. The maximum absolute atomic E-state index is 11.4. The summed E-state index contributed by atoms with van der Waals surface area (Å²) in [4.78, 5) is 11.4. The summed E-state index contributed by atoms with van der Waals surface area (Å²) in [7, 11) is 1.25. The Morgan fingerprint density at radius 3 is 2.89 bits per heavy atom. The highest BCUT2D eigenvalue weighted by molar-refractivity contribution is 6.35. The fourth-order valence-electron chi connectivity index (χ4n) is 2.10. The number of ether oxygens (including phenoxy) is 1. The molecule has 2 rings (SSSR count). The van der Waals surface area contributed by atoms with Crippen molar-refractivity contribution in [1.82, 2.24) is 4.57 Å². The topological polar surface area (TPSA) is 51.5 Å². The maximum Gasteiger partial charge on any atom is 0.340 e. The number of halogens is 1. The van der Waals surface area contributed by atoms with Gasteiger partial charge in [0.25, 0.3) is 0 Å². The number of aryl methyl sites for hydroxylation is 1. The second-order valence-electron chi connectivity index (χ2n) is 3.92. The summed E-state index contributed by atoms with van der Waals surface area (Å²) in [5.74, 6) is -0.677. The molecule has 1 atom stereocenters. The van der Waals surface area contributed by atoms with Crippen LogP contribution in [0, 0.1) is 0 Å². The number of aliphatic hydroxyl groups excluding tert-OH is 1. The molecule has 96 valence electrons. The molecule has 0 bridgehead atoms. The minimum Gasteiger partial charge on any atom is -0.467 e. The van der Waals surface area contributed by atoms with Crippen LogP contribution in [0.5, 0.6) is 0 Å². The van der Waals surface area contributed by atoms with Crippen molar-refractivity contribution < 1.29 is 14.6 Å². The number of carbonyl (C=O) groups excluding carboxylic acids is 1. The monoisotopic (exact) mass is 267 g/mol. The summed E-state index contributed by atoms with van der Waals surface area (Å²) < 4.78 is 6.38. The third-order valence-corrected chi connectivity index (χ3v) is 3.23. The lowest BCUT2D eigenvalue weighted by molar-refractivity contribution is -0.151. The van der Waals surface area contributed by atoms with Crippen molar-refractivity contribution in [1.29, 1.82) is 0 Å². The quantitative estimate of drug-likeness (QED) is 0.870. The van der Waals surface area contributed by atoms with E-state index in [0.717, 1.165) is 10.9 Å². The number of hydrogen-bond acceptors (Lipinski definition) is 3. The number of esters is 1. The minimum atomic E-state index is -1.29. The van der Waals surface area contributed by atoms with E-state index in [0.29, 0.717) is 17.3 Å². The van der Waals surface area contributed by atoms with E-state index in [4.69, 9.17) is 11.6 Å². The zero-order valence-corrected chi connectivity index (χ0v) is 10.9. The first-order chi connectivity index (χ1) is 8.60. The molecule has 0 amide bonds. The molecular weight excluding hydrogens is 254 g/mol. The van der Waals surface area contributed by atoms with Crippen LogP contribution in [-0.4, -0.2) is 22.8 Å². The van der Waals surface area contributed by atoms with Gasteiger partial charge in [0.1, 0.15) is 0 Å². The standard InChI is InChI=1S/C13H14ClNO3/c1-3-15-10(12(16)13(17)18-2)7-8-5-4-6-9(14)11(8)15/h4-7,12,16H,3H2,1-2H3. The number of carbonyl (C=O) groups is 1. The summed E-state index contributed by atoms with van der Waals surface area (Å²) in [6.07, 6.45) is -1.29. The van der Waals surface area contributed by atoms with E-state index in [2.05, 4.69) is 4.74 Å². The molecule has 0 radical (unpaired) electrons. The van der Waals surface area contributed by atoms with Gasteiger partial charge in [-0.15, -0.1) is 0 Å². The third-order valence-electron chi connectivity index (χ3n) is 2.92. The second-order valence-corrected chi connectivity index (χ2v) is 4.32. The van der Waals surface area contributed by atoms with Crippen LogP contribution in [0.15, 0.2) is 24.3 Å². The Kier molecular flexibility index (Phi) is 3.59. The Balaban J connectivity index is 2.65. The Bertz CT molecular complexity index is 591. The van der Waals surface area contributed by atoms with Crippen molar-refractivity contribution in [3.05, 3.63) is 35.0 Å². The average Bonchev–Trinajstić information content (AvgIpc) is 2.76. The molecule has 2 aromatic rings. The molecule has 18 heavy (non-hydrogen) atoms. The molecule has 4 nitrogen and oxygen atoms in total. The molecule has 1 heterocycles. The van der Waals surface area contributed by atoms with Gasteiger partial charge in [0, 0.05) is 11.9 Å². The van der Waals surface area contributed by atoms with Gasteiger partial charge in [-0.3, -0.25) is 0 Å². The smallest absolute Gasteiger partial charge is 0.340 e. The first kappa shape index (κ1) is 12.9. The Hall–Kier alpha value is -1.52. The number of para-hydroxylation sites is 1. The highest BCUT2D eigenvalue weighted by Crippen LogP contribution is 2.30. The van der Waals surface area contributed by atoms with Crippen LogP contribution in [0.3, 0.4) is 0 Å². The Labute approximate surface area is 110 Å². The molecule has 1 N–H and O–H groups in total. The van der Waals surface area contributed by atoms with Gasteiger partial charge in [-0.1, -0.05) is 23.7 Å². The van der Waals surface area contributed by atoms with Gasteiger partial charge >= 0.3 is 5.97 Å². The predicted molar refractivity (Wildman–Crippen MR) is 69.6 cm³/mol. The molecular formula is C13H14ClNO3. The summed E-state index contributed by atoms with van der Waals surface area (Å²) in [6.45, 7) is 2.53. The van der Waals surface area contributed by atoms with Gasteiger partial charge in [0.2, 0.25) is 0 Å². The average molecular weight is 268 g/mol. The van der Waals surface area contributed by atoms with Gasteiger partial charge in [0.05, 0.1) is 23.3 Å². The molecule has 5 heteroatoms. The van der Waals surface area contributed by atoms with Crippen LogP contribution < -0.4 is 0 Å². The molecule has 1 unspecified atom stereocenters. The van der Waals surface area contributed by atoms with Crippen molar-refractivity contribution >= 4 is 28.5 Å². The first-order valence-electron chi connectivity index (χ1n) is 5.63. The second kappa shape index (κ2) is 5.00. The van der Waals surface area contributed by atoms with E-state index >= 15 is 0 Å². The number of rotatable bonds is 3. The molecule has 1 aromatic heterocycles. The molecule has 0 fully saturated rings. The molecule has 0 spiro atoms. The van der Waals surface area contributed by atoms with E-state index in [9.17, 15) is 9.90 Å². The number of aliphatic hydroxyl groups is 1. The molecule has 0 aliphatic carbocycles. The lowest BCUT2D eigenvalue weighted by atomic mass is 10.2. The minimum absolute atomic E-state index is 0.493. The first-order valence-corrected chi connectivity index (χ1v) is 6.01. The fraction of sp³-hybridized carbons (Fsp3) is 0.308. The number of nitrogens with zero attached hydrogens (tertiary/aromatic N) is 1. The zero-order chi connectivity index (χ0) is 13.3. The maximum atomic E-state index is 11.4. The molecule has 0 aliphatic rings. The largest absolute Gasteiger partial charge is 0.467 e. The van der Waals surface area contributed by atoms with Crippen LogP contribution in [0.25, 0.3) is 10.9 Å². The van der Waals surface area contributed by atoms with Crippen molar-refractivity contribution in [2.24, 2.45) is 0 Å². The van der Waals surface area contributed by atoms with Crippen LogP contribution in [0.1, 0.15) is 18.7 Å². The Morgan fingerprint density at radius 1 is 1.56 bits per heavy atom. The summed E-state index contributed by atoms with van der Waals surface area (Å²) >= 11 is 6.15. The molecule has 1 aromatic carbocycles. The SMILES string of the molecule is CCn1c(C(O)C(=O)OC)cc2cccc(Cl)c21. The van der Waals surface area contributed by atoms with Gasteiger partial charge in [-0.2, -0.15) is 0 Å². The summed E-state index contributed by atoms with van der Waals surface area (Å²) in [5.41, 5.74) is 1.31. The van der Waals surface area contributed by atoms with Gasteiger partial charge in [0.15, 0.2) is 6.10 Å². The van der Waals surface area contributed by atoms with E-state index in [-0.39, 0.29) is 0 Å². The predicted octanol–water partition coefficient (Wildman–Crippen LogP) is 2.52. The van der Waals surface area contributed by atoms with E-state index in [1.54, 1.807) is 12.1 Å². The van der Waals surface area contributed by atoms with Crippen LogP contribution in [0.2, 0.25) is 5.02 Å². The van der Waals surface area contributed by atoms with Crippen molar-refractivity contribution in [3.8, 4) is 0 Å². The van der Waals surface area contributed by atoms with Crippen LogP contribution >= 0.6 is 11.6 Å². The van der Waals surface area contributed by atoms with Crippen molar-refractivity contribution in [3.63, 3.8) is 0 Å². The van der Waals surface area contributed by atoms with Crippen LogP contribution in [0.4, 0.5) is 0 Å². The molecule has 0 aliphatic heterocycles. The van der Waals surface area contributed by atoms with Gasteiger partial charge < -0.3 is 14.4 Å². The van der Waals surface area contributed by atoms with E-state index in [1.807, 2.05) is 23.6 Å². The number of hydrogen-bond donors (Lipinski definition) is 1. The fourth-order valence-corrected chi connectivity index (χ4v) is 2.38. The van der Waals surface area contributed by atoms with Gasteiger partial charge in [-0.05, 0) is 19.1 Å². The van der Waals surface area contributed by atoms with Crippen molar-refractivity contribution in [2.75, 3.05) is 7.11 Å². The molecule has 0 saturated carbocycles. The highest BCUT2D eigenvalue weighted by Gasteiger charge is 2.23. The number of aromatic nitrogens is 1. The lowest BCUT2D eigenvalue weighted by Gasteiger charge is -2.12. The zero-order valence-electron chi connectivity index (χ0n) is 10.2. The van der Waals surface area contributed by atoms with Crippen molar-refractivity contribution in [2.45, 2.75) is 19.6 Å². The van der Waals surface area contributed by atoms with E-state index < -0.39 is 12.1 Å². The van der Waals surface area contributed by atoms with Crippen LogP contribution in [-0.2, 0) is 16.1 Å². The molecule has 0 saturated heterocycles. The number of methoxy groups -OCH3 is 1. The lowest BCUT2D eigenvalue weighted by Crippen LogP contribution is -2.17. The number of benzene rings is 1.